The molecule has 2 heterocycles. The van der Waals surface area contributed by atoms with Crippen molar-refractivity contribution in [2.24, 2.45) is 23.8 Å². The van der Waals surface area contributed by atoms with Crippen LogP contribution in [0.15, 0.2) is 84.4 Å². The van der Waals surface area contributed by atoms with Gasteiger partial charge in [-0.2, -0.15) is 5.10 Å². The first-order valence-electron chi connectivity index (χ1n) is 12.7. The van der Waals surface area contributed by atoms with E-state index >= 15 is 0 Å². The van der Waals surface area contributed by atoms with Gasteiger partial charge in [0.25, 0.3) is 0 Å². The van der Waals surface area contributed by atoms with Crippen LogP contribution in [0.4, 0.5) is 4.39 Å². The largest absolute Gasteiger partial charge is 0.385 e. The molecule has 6 heteroatoms. The van der Waals surface area contributed by atoms with Gasteiger partial charge in [0.2, 0.25) is 0 Å². The van der Waals surface area contributed by atoms with E-state index in [4.69, 9.17) is 5.73 Å². The topological polar surface area (TPSA) is 63.6 Å². The molecule has 4 rings (SSSR count). The summed E-state index contributed by atoms with van der Waals surface area (Å²) in [6.45, 7) is 10.2. The number of aryl methyl sites for hydroxylation is 1. The van der Waals surface area contributed by atoms with E-state index in [0.717, 1.165) is 51.7 Å². The number of nitrogens with zero attached hydrogens (tertiary/aromatic N) is 3. The summed E-state index contributed by atoms with van der Waals surface area (Å²) in [6.07, 6.45) is 9.74. The Kier molecular flexibility index (Phi) is 7.77. The predicted octanol–water partition coefficient (Wildman–Crippen LogP) is 7.13. The first-order valence-corrected chi connectivity index (χ1v) is 12.7. The van der Waals surface area contributed by atoms with E-state index in [-0.39, 0.29) is 23.4 Å². The number of nitrogens with two attached hydrogens (primary N) is 1. The van der Waals surface area contributed by atoms with Crippen molar-refractivity contribution in [3.63, 3.8) is 0 Å². The number of hydrazone groups is 1. The summed E-state index contributed by atoms with van der Waals surface area (Å²) in [5, 5.41) is 7.05. The molecule has 1 atom stereocenters. The maximum atomic E-state index is 13.6. The molecule has 0 amide bonds. The molecule has 0 bridgehead atoms. The SMILES string of the molecule is C=C1C=C(c2ccc3c(c2)c(C(=O)CCCC(C)c2cccc(F)c2)cn3C)C=CN1/N=C(/N)C(C)C. The molecule has 0 fully saturated rings. The Balaban J connectivity index is 1.49. The highest BCUT2D eigenvalue weighted by Crippen LogP contribution is 2.30. The van der Waals surface area contributed by atoms with Gasteiger partial charge in [0, 0.05) is 48.2 Å². The van der Waals surface area contributed by atoms with Gasteiger partial charge >= 0.3 is 0 Å². The van der Waals surface area contributed by atoms with Crippen molar-refractivity contribution in [3.05, 3.63) is 102 Å². The fraction of sp³-hybridized carbons (Fsp3) is 0.290. The lowest BCUT2D eigenvalue weighted by molar-refractivity contribution is 0.0980. The summed E-state index contributed by atoms with van der Waals surface area (Å²) in [5.41, 5.74) is 11.4. The third-order valence-corrected chi connectivity index (χ3v) is 6.91. The van der Waals surface area contributed by atoms with Crippen LogP contribution in [0.3, 0.4) is 0 Å². The number of amidine groups is 1. The number of carbonyl (C=O) groups is 1. The van der Waals surface area contributed by atoms with Gasteiger partial charge in [0.1, 0.15) is 11.7 Å². The highest BCUT2D eigenvalue weighted by molar-refractivity contribution is 6.08. The van der Waals surface area contributed by atoms with Crippen molar-refractivity contribution < 1.29 is 9.18 Å². The number of halogens is 1. The number of hydrogen-bond donors (Lipinski definition) is 1. The molecular weight excluding hydrogens is 463 g/mol. The number of benzene rings is 2. The number of hydrogen-bond acceptors (Lipinski definition) is 3. The summed E-state index contributed by atoms with van der Waals surface area (Å²) >= 11 is 0. The summed E-state index contributed by atoms with van der Waals surface area (Å²) in [5.74, 6) is 0.782. The van der Waals surface area contributed by atoms with Crippen molar-refractivity contribution in [3.8, 4) is 0 Å². The van der Waals surface area contributed by atoms with E-state index in [0.29, 0.717) is 12.3 Å². The van der Waals surface area contributed by atoms with Gasteiger partial charge in [-0.15, -0.1) is 0 Å². The Morgan fingerprint density at radius 1 is 1.16 bits per heavy atom. The summed E-state index contributed by atoms with van der Waals surface area (Å²) in [7, 11) is 1.96. The zero-order valence-corrected chi connectivity index (χ0v) is 22.0. The summed E-state index contributed by atoms with van der Waals surface area (Å²) in [4.78, 5) is 13.2. The zero-order chi connectivity index (χ0) is 26.7. The number of Topliss-reactive ketones (excluding diaryl/α,β-unsaturated/α-hetero) is 1. The third kappa shape index (κ3) is 5.91. The second kappa shape index (κ2) is 11.0. The number of allylic oxidation sites excluding steroid dienone is 3. The second-order valence-corrected chi connectivity index (χ2v) is 10.1. The predicted molar refractivity (Wildman–Crippen MR) is 150 cm³/mol. The van der Waals surface area contributed by atoms with Crippen molar-refractivity contribution in [1.82, 2.24) is 9.58 Å². The lowest BCUT2D eigenvalue weighted by Crippen LogP contribution is -2.23. The van der Waals surface area contributed by atoms with Crippen molar-refractivity contribution >= 4 is 28.1 Å². The second-order valence-electron chi connectivity index (χ2n) is 10.1. The smallest absolute Gasteiger partial charge is 0.165 e. The highest BCUT2D eigenvalue weighted by atomic mass is 19.1. The van der Waals surface area contributed by atoms with Gasteiger partial charge in [0.15, 0.2) is 5.78 Å². The number of ketones is 1. The lowest BCUT2D eigenvalue weighted by Gasteiger charge is -2.21. The van der Waals surface area contributed by atoms with Gasteiger partial charge in [-0.1, -0.05) is 45.5 Å². The Labute approximate surface area is 218 Å². The normalized spacial score (nSPS) is 15.0. The molecule has 0 radical (unpaired) electrons. The van der Waals surface area contributed by atoms with E-state index in [2.05, 4.69) is 30.7 Å². The van der Waals surface area contributed by atoms with Crippen LogP contribution in [0.2, 0.25) is 0 Å². The number of rotatable bonds is 9. The molecule has 0 saturated carbocycles. The fourth-order valence-electron chi connectivity index (χ4n) is 4.53. The average molecular weight is 499 g/mol. The molecule has 1 aliphatic rings. The minimum Gasteiger partial charge on any atom is -0.385 e. The van der Waals surface area contributed by atoms with Crippen LogP contribution in [0, 0.1) is 11.7 Å². The summed E-state index contributed by atoms with van der Waals surface area (Å²) < 4.78 is 15.6. The first kappa shape index (κ1) is 26.1. The molecule has 0 spiro atoms. The molecule has 5 nitrogen and oxygen atoms in total. The van der Waals surface area contributed by atoms with E-state index in [9.17, 15) is 9.18 Å². The molecular formula is C31H35FN4O. The molecule has 2 N–H and O–H groups in total. The van der Waals surface area contributed by atoms with Crippen molar-refractivity contribution in [2.45, 2.75) is 46.0 Å². The van der Waals surface area contributed by atoms with Crippen LogP contribution in [-0.2, 0) is 7.05 Å². The molecule has 2 aromatic carbocycles. The average Bonchev–Trinajstić information content (AvgIpc) is 3.20. The van der Waals surface area contributed by atoms with Crippen LogP contribution in [-0.4, -0.2) is 21.2 Å². The Morgan fingerprint density at radius 3 is 2.65 bits per heavy atom. The van der Waals surface area contributed by atoms with E-state index in [1.807, 2.05) is 62.1 Å². The van der Waals surface area contributed by atoms with Gasteiger partial charge in [0.05, 0.1) is 5.70 Å². The Hall–Kier alpha value is -3.93. The molecule has 1 aromatic heterocycles. The van der Waals surface area contributed by atoms with Crippen molar-refractivity contribution in [1.29, 1.82) is 0 Å². The highest BCUT2D eigenvalue weighted by Gasteiger charge is 2.17. The monoisotopic (exact) mass is 498 g/mol. The van der Waals surface area contributed by atoms with Gasteiger partial charge in [-0.25, -0.2) is 9.40 Å². The minimum absolute atomic E-state index is 0.122. The zero-order valence-electron chi connectivity index (χ0n) is 22.0. The molecule has 0 saturated heterocycles. The molecule has 1 aliphatic heterocycles. The number of carbonyl (C=O) groups excluding carboxylic acids is 1. The standard InChI is InChI=1S/C31H35FN4O/c1-20(2)31(33)34-36-15-14-25(16-22(36)4)24-12-13-29-27(18-24)28(19-35(29)5)30(37)11-6-8-21(3)23-9-7-10-26(32)17-23/h7,9-10,12-21H,4,6,8,11H2,1-3,5H3,(H2,33,34). The number of aromatic nitrogens is 1. The van der Waals surface area contributed by atoms with Crippen LogP contribution < -0.4 is 5.73 Å². The van der Waals surface area contributed by atoms with E-state index < -0.39 is 0 Å². The summed E-state index contributed by atoms with van der Waals surface area (Å²) in [6, 6.07) is 12.9. The molecule has 1 unspecified atom stereocenters. The van der Waals surface area contributed by atoms with Gasteiger partial charge in [-0.05, 0) is 71.9 Å². The lowest BCUT2D eigenvalue weighted by atomic mass is 9.93. The van der Waals surface area contributed by atoms with Crippen LogP contribution >= 0.6 is 0 Å². The molecule has 0 aliphatic carbocycles. The molecule has 192 valence electrons. The Bertz CT molecular complexity index is 1430. The van der Waals surface area contributed by atoms with Crippen molar-refractivity contribution in [2.75, 3.05) is 0 Å². The third-order valence-electron chi connectivity index (χ3n) is 6.91. The maximum absolute atomic E-state index is 13.6. The van der Waals surface area contributed by atoms with Crippen LogP contribution in [0.5, 0.6) is 0 Å². The molecule has 3 aromatic rings. The number of fused-ring (bicyclic) bond motifs is 1. The van der Waals surface area contributed by atoms with Gasteiger partial charge in [-0.3, -0.25) is 4.79 Å². The van der Waals surface area contributed by atoms with E-state index in [1.165, 1.54) is 6.07 Å². The Morgan fingerprint density at radius 2 is 1.95 bits per heavy atom. The molecule has 37 heavy (non-hydrogen) atoms. The quantitative estimate of drug-likeness (QED) is 0.194. The van der Waals surface area contributed by atoms with Gasteiger partial charge < -0.3 is 10.3 Å². The minimum atomic E-state index is -0.224. The van der Waals surface area contributed by atoms with Crippen LogP contribution in [0.1, 0.15) is 67.4 Å². The van der Waals surface area contributed by atoms with Crippen LogP contribution in [0.25, 0.3) is 16.5 Å². The fourth-order valence-corrected chi connectivity index (χ4v) is 4.53. The van der Waals surface area contributed by atoms with E-state index in [1.54, 1.807) is 17.1 Å². The maximum Gasteiger partial charge on any atom is 0.165 e. The first-order chi connectivity index (χ1) is 17.6.